The summed E-state index contributed by atoms with van der Waals surface area (Å²) in [5.41, 5.74) is 3.70. The van der Waals surface area contributed by atoms with E-state index in [9.17, 15) is 4.79 Å². The summed E-state index contributed by atoms with van der Waals surface area (Å²) >= 11 is 0. The molecule has 2 aromatic rings. The molecule has 1 unspecified atom stereocenters. The maximum Gasteiger partial charge on any atom is 0.230 e. The molecule has 2 aromatic carbocycles. The molecule has 3 nitrogen and oxygen atoms in total. The number of piperidine rings is 1. The van der Waals surface area contributed by atoms with Gasteiger partial charge in [-0.25, -0.2) is 0 Å². The number of fused-ring (bicyclic) bond motifs is 1. The number of benzene rings is 2. The van der Waals surface area contributed by atoms with Crippen LogP contribution in [0.4, 0.5) is 11.4 Å². The Labute approximate surface area is 143 Å². The maximum absolute atomic E-state index is 13.1. The fourth-order valence-electron chi connectivity index (χ4n) is 4.12. The predicted molar refractivity (Wildman–Crippen MR) is 98.5 cm³/mol. The molecule has 1 atom stereocenters. The molecular formula is C21H24N2O. The van der Waals surface area contributed by atoms with Crippen molar-refractivity contribution in [3.05, 3.63) is 60.2 Å². The number of carbonyl (C=O) groups excluding carboxylic acids is 1. The lowest BCUT2D eigenvalue weighted by Crippen LogP contribution is -2.44. The molecule has 1 fully saturated rings. The van der Waals surface area contributed by atoms with E-state index in [1.165, 1.54) is 11.3 Å². The minimum absolute atomic E-state index is 0.151. The average Bonchev–Trinajstić information content (AvgIpc) is 2.98. The summed E-state index contributed by atoms with van der Waals surface area (Å²) in [6, 6.07) is 19.1. The molecule has 0 spiro atoms. The second kappa shape index (κ2) is 6.31. The molecule has 2 aliphatic rings. The molecule has 0 aliphatic carbocycles. The van der Waals surface area contributed by atoms with Gasteiger partial charge in [-0.3, -0.25) is 4.79 Å². The van der Waals surface area contributed by atoms with E-state index >= 15 is 0 Å². The van der Waals surface area contributed by atoms with Crippen molar-refractivity contribution < 1.29 is 4.79 Å². The van der Waals surface area contributed by atoms with Gasteiger partial charge >= 0.3 is 0 Å². The molecular weight excluding hydrogens is 296 g/mol. The van der Waals surface area contributed by atoms with Crippen LogP contribution in [0.2, 0.25) is 0 Å². The fourth-order valence-corrected chi connectivity index (χ4v) is 4.12. The maximum atomic E-state index is 13.1. The quantitative estimate of drug-likeness (QED) is 0.838. The van der Waals surface area contributed by atoms with Gasteiger partial charge in [-0.2, -0.15) is 0 Å². The number of carbonyl (C=O) groups is 1. The third kappa shape index (κ3) is 2.68. The smallest absolute Gasteiger partial charge is 0.230 e. The van der Waals surface area contributed by atoms with E-state index in [2.05, 4.69) is 59.2 Å². The van der Waals surface area contributed by atoms with Crippen LogP contribution in [-0.4, -0.2) is 25.0 Å². The molecule has 0 bridgehead atoms. The second-order valence-electron chi connectivity index (χ2n) is 6.99. The van der Waals surface area contributed by atoms with Crippen LogP contribution in [0.1, 0.15) is 25.3 Å². The van der Waals surface area contributed by atoms with E-state index in [0.717, 1.165) is 38.0 Å². The summed E-state index contributed by atoms with van der Waals surface area (Å²) in [6.07, 6.45) is 2.86. The molecule has 2 heterocycles. The fraction of sp³-hybridized carbons (Fsp3) is 0.381. The number of anilines is 2. The van der Waals surface area contributed by atoms with Gasteiger partial charge in [-0.15, -0.1) is 0 Å². The van der Waals surface area contributed by atoms with Gasteiger partial charge in [0.05, 0.1) is 0 Å². The standard InChI is InChI=1S/C21H24N2O/c1-16-15-18-7-5-6-10-20(18)23(16)21(24)17-11-13-22(14-12-17)19-8-3-2-4-9-19/h2-10,16-17H,11-15H2,1H3. The molecule has 0 aromatic heterocycles. The molecule has 4 rings (SSSR count). The molecule has 24 heavy (non-hydrogen) atoms. The van der Waals surface area contributed by atoms with Crippen molar-refractivity contribution in [3.63, 3.8) is 0 Å². The first-order chi connectivity index (χ1) is 11.7. The van der Waals surface area contributed by atoms with E-state index in [1.807, 2.05) is 12.1 Å². The Morgan fingerprint density at radius 3 is 2.38 bits per heavy atom. The zero-order chi connectivity index (χ0) is 16.5. The number of para-hydroxylation sites is 2. The van der Waals surface area contributed by atoms with Crippen LogP contribution in [-0.2, 0) is 11.2 Å². The molecule has 0 N–H and O–H groups in total. The predicted octanol–water partition coefficient (Wildman–Crippen LogP) is 3.88. The highest BCUT2D eigenvalue weighted by molar-refractivity contribution is 5.97. The highest BCUT2D eigenvalue weighted by Gasteiger charge is 2.35. The van der Waals surface area contributed by atoms with Crippen molar-refractivity contribution in [3.8, 4) is 0 Å². The molecule has 3 heteroatoms. The Hall–Kier alpha value is -2.29. The van der Waals surface area contributed by atoms with Crippen molar-refractivity contribution in [2.24, 2.45) is 5.92 Å². The van der Waals surface area contributed by atoms with Gasteiger partial charge < -0.3 is 9.80 Å². The van der Waals surface area contributed by atoms with Crippen LogP contribution in [0.5, 0.6) is 0 Å². The Morgan fingerprint density at radius 2 is 1.62 bits per heavy atom. The van der Waals surface area contributed by atoms with Gasteiger partial charge in [0.2, 0.25) is 5.91 Å². The highest BCUT2D eigenvalue weighted by atomic mass is 16.2. The van der Waals surface area contributed by atoms with Crippen LogP contribution < -0.4 is 9.80 Å². The first kappa shape index (κ1) is 15.3. The van der Waals surface area contributed by atoms with Gasteiger partial charge in [0.1, 0.15) is 0 Å². The summed E-state index contributed by atoms with van der Waals surface area (Å²) in [6.45, 7) is 4.09. The molecule has 2 aliphatic heterocycles. The summed E-state index contributed by atoms with van der Waals surface area (Å²) in [4.78, 5) is 17.6. The van der Waals surface area contributed by atoms with Crippen molar-refractivity contribution in [1.82, 2.24) is 0 Å². The number of amides is 1. The summed E-state index contributed by atoms with van der Waals surface area (Å²) in [7, 11) is 0. The van der Waals surface area contributed by atoms with Crippen molar-refractivity contribution in [2.75, 3.05) is 22.9 Å². The highest BCUT2D eigenvalue weighted by Crippen LogP contribution is 2.35. The van der Waals surface area contributed by atoms with Gasteiger partial charge in [-0.1, -0.05) is 36.4 Å². The van der Waals surface area contributed by atoms with Crippen LogP contribution in [0, 0.1) is 5.92 Å². The first-order valence-electron chi connectivity index (χ1n) is 8.95. The van der Waals surface area contributed by atoms with Gasteiger partial charge in [0, 0.05) is 36.4 Å². The van der Waals surface area contributed by atoms with E-state index in [-0.39, 0.29) is 12.0 Å². The van der Waals surface area contributed by atoms with E-state index in [4.69, 9.17) is 0 Å². The Morgan fingerprint density at radius 1 is 0.958 bits per heavy atom. The summed E-state index contributed by atoms with van der Waals surface area (Å²) < 4.78 is 0. The second-order valence-corrected chi connectivity index (χ2v) is 6.99. The van der Waals surface area contributed by atoms with Gasteiger partial charge in [-0.05, 0) is 49.9 Å². The zero-order valence-electron chi connectivity index (χ0n) is 14.2. The monoisotopic (exact) mass is 320 g/mol. The number of rotatable bonds is 2. The molecule has 1 amide bonds. The summed E-state index contributed by atoms with van der Waals surface area (Å²) in [5.74, 6) is 0.471. The van der Waals surface area contributed by atoms with E-state index in [1.54, 1.807) is 0 Å². The normalized spacial score (nSPS) is 21.0. The first-order valence-corrected chi connectivity index (χ1v) is 8.95. The zero-order valence-corrected chi connectivity index (χ0v) is 14.2. The Bertz CT molecular complexity index is 720. The minimum atomic E-state index is 0.151. The molecule has 0 radical (unpaired) electrons. The van der Waals surface area contributed by atoms with Crippen molar-refractivity contribution in [2.45, 2.75) is 32.2 Å². The summed E-state index contributed by atoms with van der Waals surface area (Å²) in [5, 5.41) is 0. The van der Waals surface area contributed by atoms with Crippen LogP contribution >= 0.6 is 0 Å². The van der Waals surface area contributed by atoms with Gasteiger partial charge in [0.15, 0.2) is 0 Å². The van der Waals surface area contributed by atoms with Crippen molar-refractivity contribution >= 4 is 17.3 Å². The minimum Gasteiger partial charge on any atom is -0.371 e. The van der Waals surface area contributed by atoms with E-state index < -0.39 is 0 Å². The lowest BCUT2D eigenvalue weighted by atomic mass is 9.94. The third-order valence-corrected chi connectivity index (χ3v) is 5.41. The lowest BCUT2D eigenvalue weighted by Gasteiger charge is -2.35. The number of nitrogens with zero attached hydrogens (tertiary/aromatic N) is 2. The number of hydrogen-bond acceptors (Lipinski definition) is 2. The average molecular weight is 320 g/mol. The largest absolute Gasteiger partial charge is 0.371 e. The van der Waals surface area contributed by atoms with Crippen LogP contribution in [0.3, 0.4) is 0 Å². The Balaban J connectivity index is 1.45. The third-order valence-electron chi connectivity index (χ3n) is 5.41. The van der Waals surface area contributed by atoms with E-state index in [0.29, 0.717) is 5.91 Å². The van der Waals surface area contributed by atoms with Crippen LogP contribution in [0.25, 0.3) is 0 Å². The SMILES string of the molecule is CC1Cc2ccccc2N1C(=O)C1CCN(c2ccccc2)CC1. The van der Waals surface area contributed by atoms with Gasteiger partial charge in [0.25, 0.3) is 0 Å². The molecule has 124 valence electrons. The topological polar surface area (TPSA) is 23.6 Å². The Kier molecular flexibility index (Phi) is 4.01. The van der Waals surface area contributed by atoms with Crippen LogP contribution in [0.15, 0.2) is 54.6 Å². The lowest BCUT2D eigenvalue weighted by molar-refractivity contribution is -0.123. The number of hydrogen-bond donors (Lipinski definition) is 0. The molecule has 1 saturated heterocycles. The van der Waals surface area contributed by atoms with Crippen molar-refractivity contribution in [1.29, 1.82) is 0 Å². The molecule has 0 saturated carbocycles.